The van der Waals surface area contributed by atoms with Gasteiger partial charge in [0.15, 0.2) is 0 Å². The molecule has 0 spiro atoms. The summed E-state index contributed by atoms with van der Waals surface area (Å²) in [5.74, 6) is -0.874. The van der Waals surface area contributed by atoms with E-state index in [1.54, 1.807) is 19.2 Å². The molecule has 0 bridgehead atoms. The maximum Gasteiger partial charge on any atom is 0.321 e. The topological polar surface area (TPSA) is 99.1 Å². The van der Waals surface area contributed by atoms with Gasteiger partial charge in [-0.3, -0.25) is 9.69 Å². The van der Waals surface area contributed by atoms with E-state index in [2.05, 4.69) is 5.32 Å². The zero-order valence-electron chi connectivity index (χ0n) is 11.4. The lowest BCUT2D eigenvalue weighted by molar-refractivity contribution is -0.139. The third kappa shape index (κ3) is 4.77. The van der Waals surface area contributed by atoms with Gasteiger partial charge in [-0.25, -0.2) is 4.79 Å². The second kappa shape index (κ2) is 7.34. The summed E-state index contributed by atoms with van der Waals surface area (Å²) in [6, 6.07) is 5.76. The number of nitrogens with zero attached hydrogens (tertiary/aromatic N) is 1. The van der Waals surface area contributed by atoms with Gasteiger partial charge in [0.25, 0.3) is 0 Å². The molecule has 0 aliphatic carbocycles. The number of phenolic OH excluding ortho intramolecular Hbond substituents is 1. The summed E-state index contributed by atoms with van der Waals surface area (Å²) in [7, 11) is 2.96. The lowest BCUT2D eigenvalue weighted by atomic mass is 10.2. The highest BCUT2D eigenvalue weighted by Gasteiger charge is 2.16. The summed E-state index contributed by atoms with van der Waals surface area (Å²) >= 11 is 0. The molecule has 0 aromatic heterocycles. The highest BCUT2D eigenvalue weighted by atomic mass is 16.5. The number of aromatic hydroxyl groups is 1. The number of carboxylic acid groups (broad SMARTS) is 1. The number of hydrogen-bond donors (Lipinski definition) is 3. The first-order valence-corrected chi connectivity index (χ1v) is 5.99. The lowest BCUT2D eigenvalue weighted by Crippen LogP contribution is -2.42. The molecule has 0 fully saturated rings. The second-order valence-electron chi connectivity index (χ2n) is 4.22. The Hall–Kier alpha value is -2.28. The van der Waals surface area contributed by atoms with Crippen molar-refractivity contribution >= 4 is 17.7 Å². The Kier molecular flexibility index (Phi) is 5.79. The van der Waals surface area contributed by atoms with Gasteiger partial charge >= 0.3 is 12.0 Å². The number of carboxylic acids is 1. The molecule has 20 heavy (non-hydrogen) atoms. The molecule has 1 aromatic rings. The highest BCUT2D eigenvalue weighted by molar-refractivity contribution is 5.91. The molecule has 3 N–H and O–H groups in total. The largest absolute Gasteiger partial charge is 0.508 e. The number of phenols is 1. The first-order valence-electron chi connectivity index (χ1n) is 5.99. The standard InChI is InChI=1S/C13H18N2O5/c1-15(9-3-5-10(16)6-4-9)13(19)14-8-11(20-2)7-12(17)18/h3-6,11,16H,7-8H2,1-2H3,(H,14,19)(H,17,18). The van der Waals surface area contributed by atoms with Crippen LogP contribution in [0.1, 0.15) is 6.42 Å². The van der Waals surface area contributed by atoms with Gasteiger partial charge in [0.1, 0.15) is 5.75 Å². The van der Waals surface area contributed by atoms with E-state index in [0.717, 1.165) is 0 Å². The molecule has 0 aliphatic heterocycles. The fourth-order valence-corrected chi connectivity index (χ4v) is 1.55. The van der Waals surface area contributed by atoms with Gasteiger partial charge in [0.2, 0.25) is 0 Å². The monoisotopic (exact) mass is 282 g/mol. The maximum absolute atomic E-state index is 11.9. The number of benzene rings is 1. The number of urea groups is 1. The molecular weight excluding hydrogens is 264 g/mol. The summed E-state index contributed by atoms with van der Waals surface area (Å²) in [6.07, 6.45) is -0.760. The summed E-state index contributed by atoms with van der Waals surface area (Å²) in [4.78, 5) is 23.8. The van der Waals surface area contributed by atoms with Crippen LogP contribution in [0.5, 0.6) is 5.75 Å². The van der Waals surface area contributed by atoms with Gasteiger partial charge in [-0.05, 0) is 24.3 Å². The molecule has 1 aromatic carbocycles. The van der Waals surface area contributed by atoms with Crippen molar-refractivity contribution in [2.45, 2.75) is 12.5 Å². The minimum Gasteiger partial charge on any atom is -0.508 e. The number of nitrogens with one attached hydrogen (secondary N) is 1. The molecule has 2 amide bonds. The van der Waals surface area contributed by atoms with Gasteiger partial charge in [0.05, 0.1) is 12.5 Å². The van der Waals surface area contributed by atoms with Crippen LogP contribution in [0.3, 0.4) is 0 Å². The van der Waals surface area contributed by atoms with Crippen LogP contribution in [0.2, 0.25) is 0 Å². The molecule has 7 heteroatoms. The number of amides is 2. The van der Waals surface area contributed by atoms with Crippen molar-refractivity contribution in [3.8, 4) is 5.75 Å². The second-order valence-corrected chi connectivity index (χ2v) is 4.22. The number of carbonyl (C=O) groups excluding carboxylic acids is 1. The highest BCUT2D eigenvalue weighted by Crippen LogP contribution is 2.17. The Morgan fingerprint density at radius 1 is 1.35 bits per heavy atom. The quantitative estimate of drug-likeness (QED) is 0.723. The third-order valence-electron chi connectivity index (χ3n) is 2.76. The van der Waals surface area contributed by atoms with E-state index in [1.807, 2.05) is 0 Å². The van der Waals surface area contributed by atoms with Gasteiger partial charge in [-0.15, -0.1) is 0 Å². The molecule has 1 rings (SSSR count). The summed E-state index contributed by atoms with van der Waals surface area (Å²) < 4.78 is 4.97. The van der Waals surface area contributed by atoms with Crippen LogP contribution in [0, 0.1) is 0 Å². The Bertz CT molecular complexity index is 460. The van der Waals surface area contributed by atoms with Crippen molar-refractivity contribution in [1.29, 1.82) is 0 Å². The SMILES string of the molecule is COC(CNC(=O)N(C)c1ccc(O)cc1)CC(=O)O. The third-order valence-corrected chi connectivity index (χ3v) is 2.76. The Balaban J connectivity index is 2.53. The number of ether oxygens (including phenoxy) is 1. The molecule has 0 aliphatic rings. The summed E-state index contributed by atoms with van der Waals surface area (Å²) in [6.45, 7) is 0.101. The summed E-state index contributed by atoms with van der Waals surface area (Å²) in [5.41, 5.74) is 0.604. The predicted molar refractivity (Wildman–Crippen MR) is 73.0 cm³/mol. The van der Waals surface area contributed by atoms with Crippen molar-refractivity contribution in [3.63, 3.8) is 0 Å². The van der Waals surface area contributed by atoms with Crippen LogP contribution in [0.4, 0.5) is 10.5 Å². The van der Waals surface area contributed by atoms with Crippen LogP contribution in [0.15, 0.2) is 24.3 Å². The van der Waals surface area contributed by atoms with E-state index >= 15 is 0 Å². The molecule has 0 saturated carbocycles. The van der Waals surface area contributed by atoms with Crippen LogP contribution in [-0.2, 0) is 9.53 Å². The van der Waals surface area contributed by atoms with Crippen molar-refractivity contribution in [2.24, 2.45) is 0 Å². The smallest absolute Gasteiger partial charge is 0.321 e. The predicted octanol–water partition coefficient (Wildman–Crippen LogP) is 1.03. The van der Waals surface area contributed by atoms with Crippen molar-refractivity contribution in [1.82, 2.24) is 5.32 Å². The van der Waals surface area contributed by atoms with Crippen LogP contribution < -0.4 is 10.2 Å². The van der Waals surface area contributed by atoms with E-state index in [-0.39, 0.29) is 24.7 Å². The van der Waals surface area contributed by atoms with E-state index in [1.165, 1.54) is 24.1 Å². The average molecular weight is 282 g/mol. The number of anilines is 1. The van der Waals surface area contributed by atoms with Gasteiger partial charge in [-0.1, -0.05) is 0 Å². The van der Waals surface area contributed by atoms with Crippen molar-refractivity contribution in [2.75, 3.05) is 25.6 Å². The zero-order valence-corrected chi connectivity index (χ0v) is 11.4. The number of rotatable bonds is 6. The lowest BCUT2D eigenvalue weighted by Gasteiger charge is -2.20. The first kappa shape index (κ1) is 15.8. The molecule has 0 saturated heterocycles. The fraction of sp³-hybridized carbons (Fsp3) is 0.385. The van der Waals surface area contributed by atoms with Crippen molar-refractivity contribution < 1.29 is 24.5 Å². The van der Waals surface area contributed by atoms with Crippen LogP contribution in [-0.4, -0.2) is 49.0 Å². The van der Waals surface area contributed by atoms with Crippen LogP contribution >= 0.6 is 0 Å². The molecule has 0 heterocycles. The fourth-order valence-electron chi connectivity index (χ4n) is 1.55. The molecular formula is C13H18N2O5. The number of methoxy groups -OCH3 is 1. The summed E-state index contributed by atoms with van der Waals surface area (Å²) in [5, 5.41) is 20.4. The van der Waals surface area contributed by atoms with Crippen molar-refractivity contribution in [3.05, 3.63) is 24.3 Å². The average Bonchev–Trinajstić information content (AvgIpc) is 2.42. The zero-order chi connectivity index (χ0) is 15.1. The van der Waals surface area contributed by atoms with E-state index in [9.17, 15) is 14.7 Å². The first-order chi connectivity index (χ1) is 9.43. The Morgan fingerprint density at radius 3 is 2.45 bits per heavy atom. The van der Waals surface area contributed by atoms with Gasteiger partial charge in [0, 0.05) is 26.4 Å². The number of carbonyl (C=O) groups is 2. The number of hydrogen-bond acceptors (Lipinski definition) is 4. The minimum absolute atomic E-state index is 0.101. The Morgan fingerprint density at radius 2 is 1.95 bits per heavy atom. The Labute approximate surface area is 116 Å². The molecule has 1 atom stereocenters. The maximum atomic E-state index is 11.9. The van der Waals surface area contributed by atoms with Gasteiger partial charge in [-0.2, -0.15) is 0 Å². The molecule has 110 valence electrons. The normalized spacial score (nSPS) is 11.7. The van der Waals surface area contributed by atoms with E-state index < -0.39 is 12.1 Å². The van der Waals surface area contributed by atoms with Crippen LogP contribution in [0.25, 0.3) is 0 Å². The molecule has 1 unspecified atom stereocenters. The molecule has 7 nitrogen and oxygen atoms in total. The van der Waals surface area contributed by atoms with Gasteiger partial charge < -0.3 is 20.3 Å². The minimum atomic E-state index is -0.988. The van der Waals surface area contributed by atoms with E-state index in [0.29, 0.717) is 5.69 Å². The number of aliphatic carboxylic acids is 1. The molecule has 0 radical (unpaired) electrons. The van der Waals surface area contributed by atoms with E-state index in [4.69, 9.17) is 9.84 Å².